The smallest absolute Gasteiger partial charge is 0.273 e. The fourth-order valence-electron chi connectivity index (χ4n) is 1.63. The van der Waals surface area contributed by atoms with Crippen LogP contribution in [0, 0.1) is 34.2 Å². The number of nitrogens with zero attached hydrogens (tertiary/aromatic N) is 2. The highest BCUT2D eigenvalue weighted by atomic mass is 79.9. The van der Waals surface area contributed by atoms with Crippen molar-refractivity contribution in [2.75, 3.05) is 0 Å². The standard InChI is InChI=1S/C14H8BrFN2O3/c1-8-2-4-10(18(19)20)6-12(8)21-11-5-3-9(7-17)13(15)14(11)16/h2-6H,1H3. The first kappa shape index (κ1) is 14.9. The van der Waals surface area contributed by atoms with Crippen LogP contribution in [-0.4, -0.2) is 4.92 Å². The third-order valence-corrected chi connectivity index (χ3v) is 3.55. The second-order valence-electron chi connectivity index (χ2n) is 4.16. The summed E-state index contributed by atoms with van der Waals surface area (Å²) in [5.74, 6) is -0.677. The Morgan fingerprint density at radius 3 is 2.67 bits per heavy atom. The summed E-state index contributed by atoms with van der Waals surface area (Å²) >= 11 is 2.98. The molecule has 0 N–H and O–H groups in total. The van der Waals surface area contributed by atoms with Crippen LogP contribution < -0.4 is 4.74 Å². The number of aryl methyl sites for hydroxylation is 1. The van der Waals surface area contributed by atoms with Crippen molar-refractivity contribution in [3.05, 3.63) is 61.9 Å². The molecule has 0 aromatic heterocycles. The van der Waals surface area contributed by atoms with Crippen molar-refractivity contribution in [3.63, 3.8) is 0 Å². The molecule has 0 saturated heterocycles. The Bertz CT molecular complexity index is 772. The summed E-state index contributed by atoms with van der Waals surface area (Å²) in [6, 6.07) is 8.61. The Kier molecular flexibility index (Phi) is 4.19. The SMILES string of the molecule is Cc1ccc([N+](=O)[O-])cc1Oc1ccc(C#N)c(Br)c1F. The first-order valence-electron chi connectivity index (χ1n) is 5.75. The van der Waals surface area contributed by atoms with E-state index < -0.39 is 10.7 Å². The zero-order valence-corrected chi connectivity index (χ0v) is 12.3. The second kappa shape index (κ2) is 5.89. The van der Waals surface area contributed by atoms with Crippen LogP contribution in [0.4, 0.5) is 10.1 Å². The minimum atomic E-state index is -0.736. The largest absolute Gasteiger partial charge is 0.454 e. The molecule has 0 atom stereocenters. The molecule has 0 amide bonds. The molecule has 0 radical (unpaired) electrons. The van der Waals surface area contributed by atoms with Gasteiger partial charge in [-0.25, -0.2) is 4.39 Å². The number of nitriles is 1. The van der Waals surface area contributed by atoms with E-state index in [-0.39, 0.29) is 27.2 Å². The molecule has 2 aromatic carbocycles. The van der Waals surface area contributed by atoms with Gasteiger partial charge in [0.25, 0.3) is 5.69 Å². The fraction of sp³-hybridized carbons (Fsp3) is 0.0714. The van der Waals surface area contributed by atoms with Crippen molar-refractivity contribution in [2.45, 2.75) is 6.92 Å². The number of benzene rings is 2. The van der Waals surface area contributed by atoms with Crippen LogP contribution in [0.3, 0.4) is 0 Å². The average Bonchev–Trinajstić information content (AvgIpc) is 2.46. The highest BCUT2D eigenvalue weighted by molar-refractivity contribution is 9.10. The van der Waals surface area contributed by atoms with Crippen LogP contribution in [0.1, 0.15) is 11.1 Å². The summed E-state index contributed by atoms with van der Waals surface area (Å²) < 4.78 is 19.5. The van der Waals surface area contributed by atoms with Gasteiger partial charge in [-0.1, -0.05) is 0 Å². The van der Waals surface area contributed by atoms with Gasteiger partial charge in [0.15, 0.2) is 11.6 Å². The van der Waals surface area contributed by atoms with Crippen LogP contribution in [0.25, 0.3) is 0 Å². The van der Waals surface area contributed by atoms with Gasteiger partial charge in [-0.2, -0.15) is 5.26 Å². The molecule has 2 aromatic rings. The van der Waals surface area contributed by atoms with E-state index in [9.17, 15) is 14.5 Å². The van der Waals surface area contributed by atoms with Crippen molar-refractivity contribution in [1.82, 2.24) is 0 Å². The van der Waals surface area contributed by atoms with Crippen LogP contribution >= 0.6 is 15.9 Å². The zero-order valence-electron chi connectivity index (χ0n) is 10.8. The molecule has 0 aliphatic heterocycles. The molecule has 0 bridgehead atoms. The Balaban J connectivity index is 2.44. The molecular weight excluding hydrogens is 343 g/mol. The van der Waals surface area contributed by atoms with E-state index in [4.69, 9.17) is 10.00 Å². The maximum atomic E-state index is 14.1. The highest BCUT2D eigenvalue weighted by Gasteiger charge is 2.15. The summed E-state index contributed by atoms with van der Waals surface area (Å²) in [5, 5.41) is 19.6. The summed E-state index contributed by atoms with van der Waals surface area (Å²) in [5.41, 5.74) is 0.611. The van der Waals surface area contributed by atoms with Crippen molar-refractivity contribution in [3.8, 4) is 17.6 Å². The number of non-ortho nitro benzene ring substituents is 1. The van der Waals surface area contributed by atoms with Gasteiger partial charge in [-0.05, 0) is 46.6 Å². The normalized spacial score (nSPS) is 10.0. The van der Waals surface area contributed by atoms with E-state index in [0.29, 0.717) is 5.56 Å². The number of hydrogen-bond donors (Lipinski definition) is 0. The zero-order chi connectivity index (χ0) is 15.6. The summed E-state index contributed by atoms with van der Waals surface area (Å²) in [4.78, 5) is 10.2. The Morgan fingerprint density at radius 2 is 2.05 bits per heavy atom. The average molecular weight is 351 g/mol. The van der Waals surface area contributed by atoms with Gasteiger partial charge in [0, 0.05) is 6.07 Å². The predicted octanol–water partition coefficient (Wildman–Crippen LogP) is 4.47. The maximum Gasteiger partial charge on any atom is 0.273 e. The number of hydrogen-bond acceptors (Lipinski definition) is 4. The monoisotopic (exact) mass is 350 g/mol. The van der Waals surface area contributed by atoms with Crippen LogP contribution in [0.2, 0.25) is 0 Å². The Morgan fingerprint density at radius 1 is 1.33 bits per heavy atom. The van der Waals surface area contributed by atoms with Gasteiger partial charge in [0.1, 0.15) is 11.8 Å². The minimum Gasteiger partial charge on any atom is -0.454 e. The van der Waals surface area contributed by atoms with E-state index in [1.54, 1.807) is 6.92 Å². The van der Waals surface area contributed by atoms with E-state index in [0.717, 1.165) is 0 Å². The first-order chi connectivity index (χ1) is 9.93. The topological polar surface area (TPSA) is 76.2 Å². The van der Waals surface area contributed by atoms with E-state index >= 15 is 0 Å². The molecule has 0 aliphatic carbocycles. The molecule has 21 heavy (non-hydrogen) atoms. The molecule has 0 saturated carbocycles. The molecule has 0 unspecified atom stereocenters. The lowest BCUT2D eigenvalue weighted by molar-refractivity contribution is -0.384. The van der Waals surface area contributed by atoms with Gasteiger partial charge in [-0.3, -0.25) is 10.1 Å². The predicted molar refractivity (Wildman–Crippen MR) is 76.7 cm³/mol. The Hall–Kier alpha value is -2.46. The van der Waals surface area contributed by atoms with Crippen LogP contribution in [0.5, 0.6) is 11.5 Å². The number of rotatable bonds is 3. The van der Waals surface area contributed by atoms with Crippen LogP contribution in [-0.2, 0) is 0 Å². The fourth-order valence-corrected chi connectivity index (χ4v) is 2.04. The number of nitro benzene ring substituents is 1. The van der Waals surface area contributed by atoms with Crippen molar-refractivity contribution >= 4 is 21.6 Å². The molecule has 7 heteroatoms. The van der Waals surface area contributed by atoms with E-state index in [1.165, 1.54) is 30.3 Å². The molecule has 5 nitrogen and oxygen atoms in total. The lowest BCUT2D eigenvalue weighted by Crippen LogP contribution is -1.95. The summed E-state index contributed by atoms with van der Waals surface area (Å²) in [6.07, 6.45) is 0. The van der Waals surface area contributed by atoms with E-state index in [2.05, 4.69) is 15.9 Å². The van der Waals surface area contributed by atoms with Gasteiger partial charge >= 0.3 is 0 Å². The number of halogens is 2. The summed E-state index contributed by atoms with van der Waals surface area (Å²) in [6.45, 7) is 1.69. The molecule has 0 heterocycles. The molecule has 0 spiro atoms. The van der Waals surface area contributed by atoms with Gasteiger partial charge in [0.05, 0.1) is 21.0 Å². The molecule has 106 valence electrons. The lowest BCUT2D eigenvalue weighted by Gasteiger charge is -2.10. The quantitative estimate of drug-likeness (QED) is 0.604. The molecule has 0 fully saturated rings. The molecule has 0 aliphatic rings. The lowest BCUT2D eigenvalue weighted by atomic mass is 10.2. The number of nitro groups is 1. The maximum absolute atomic E-state index is 14.1. The minimum absolute atomic E-state index is 0.00872. The van der Waals surface area contributed by atoms with Crippen molar-refractivity contribution in [1.29, 1.82) is 5.26 Å². The number of ether oxygens (including phenoxy) is 1. The second-order valence-corrected chi connectivity index (χ2v) is 4.95. The van der Waals surface area contributed by atoms with Crippen molar-refractivity contribution < 1.29 is 14.1 Å². The Labute approximate surface area is 127 Å². The van der Waals surface area contributed by atoms with Gasteiger partial charge in [-0.15, -0.1) is 0 Å². The molecular formula is C14H8BrFN2O3. The van der Waals surface area contributed by atoms with Crippen LogP contribution in [0.15, 0.2) is 34.8 Å². The third-order valence-electron chi connectivity index (χ3n) is 2.77. The van der Waals surface area contributed by atoms with E-state index in [1.807, 2.05) is 6.07 Å². The molecule has 2 rings (SSSR count). The van der Waals surface area contributed by atoms with Gasteiger partial charge < -0.3 is 4.74 Å². The summed E-state index contributed by atoms with van der Waals surface area (Å²) in [7, 11) is 0. The third kappa shape index (κ3) is 3.01. The van der Waals surface area contributed by atoms with Crippen molar-refractivity contribution in [2.24, 2.45) is 0 Å². The van der Waals surface area contributed by atoms with Gasteiger partial charge in [0.2, 0.25) is 0 Å². The highest BCUT2D eigenvalue weighted by Crippen LogP contribution is 2.34. The first-order valence-corrected chi connectivity index (χ1v) is 6.54.